The van der Waals surface area contributed by atoms with Gasteiger partial charge in [0.1, 0.15) is 5.75 Å². The first-order chi connectivity index (χ1) is 9.71. The van der Waals surface area contributed by atoms with Crippen molar-refractivity contribution in [3.8, 4) is 5.75 Å². The Morgan fingerprint density at radius 1 is 1.25 bits per heavy atom. The molecule has 1 aromatic carbocycles. The van der Waals surface area contributed by atoms with Crippen molar-refractivity contribution in [2.24, 2.45) is 5.84 Å². The lowest BCUT2D eigenvalue weighted by Crippen LogP contribution is -2.38. The third kappa shape index (κ3) is 4.30. The van der Waals surface area contributed by atoms with Crippen molar-refractivity contribution < 1.29 is 4.74 Å². The molecule has 0 radical (unpaired) electrons. The highest BCUT2D eigenvalue weighted by Gasteiger charge is 2.10. The topological polar surface area (TPSA) is 60.2 Å². The highest BCUT2D eigenvalue weighted by molar-refractivity contribution is 9.10. The van der Waals surface area contributed by atoms with Gasteiger partial charge in [-0.1, -0.05) is 12.1 Å². The zero-order valence-electron chi connectivity index (χ0n) is 11.3. The first-order valence-corrected chi connectivity index (χ1v) is 7.19. The maximum absolute atomic E-state index is 5.66. The minimum absolute atomic E-state index is 0.151. The van der Waals surface area contributed by atoms with E-state index in [2.05, 4.69) is 38.5 Å². The third-order valence-electron chi connectivity index (χ3n) is 3.10. The predicted octanol–water partition coefficient (Wildman–Crippen LogP) is 2.47. The predicted molar refractivity (Wildman–Crippen MR) is 83.5 cm³/mol. The van der Waals surface area contributed by atoms with E-state index in [0.717, 1.165) is 28.6 Å². The van der Waals surface area contributed by atoms with E-state index in [-0.39, 0.29) is 6.04 Å². The van der Waals surface area contributed by atoms with Crippen molar-refractivity contribution in [2.45, 2.75) is 18.9 Å². The van der Waals surface area contributed by atoms with E-state index in [1.54, 1.807) is 13.3 Å². The molecule has 1 unspecified atom stereocenters. The molecule has 1 aromatic heterocycles. The molecule has 0 aliphatic carbocycles. The molecule has 0 saturated carbocycles. The number of hydrogen-bond acceptors (Lipinski definition) is 4. The second-order valence-electron chi connectivity index (χ2n) is 4.63. The maximum Gasteiger partial charge on any atom is 0.119 e. The van der Waals surface area contributed by atoms with E-state index >= 15 is 0 Å². The Morgan fingerprint density at radius 3 is 2.75 bits per heavy atom. The minimum Gasteiger partial charge on any atom is -0.497 e. The largest absolute Gasteiger partial charge is 0.497 e. The van der Waals surface area contributed by atoms with E-state index in [1.807, 2.05) is 24.4 Å². The summed E-state index contributed by atoms with van der Waals surface area (Å²) in [5.74, 6) is 6.53. The number of pyridine rings is 1. The number of nitrogens with two attached hydrogens (primary N) is 1. The highest BCUT2D eigenvalue weighted by Crippen LogP contribution is 2.16. The first-order valence-electron chi connectivity index (χ1n) is 6.39. The molecule has 3 N–H and O–H groups in total. The number of hydrogen-bond donors (Lipinski definition) is 2. The van der Waals surface area contributed by atoms with Crippen LogP contribution in [0.2, 0.25) is 0 Å². The van der Waals surface area contributed by atoms with Gasteiger partial charge in [-0.3, -0.25) is 16.3 Å². The normalized spacial score (nSPS) is 12.2. The van der Waals surface area contributed by atoms with E-state index in [4.69, 9.17) is 10.6 Å². The fraction of sp³-hybridized carbons (Fsp3) is 0.267. The summed E-state index contributed by atoms with van der Waals surface area (Å²) >= 11 is 3.43. The lowest BCUT2D eigenvalue weighted by atomic mass is 10.0. The third-order valence-corrected chi connectivity index (χ3v) is 3.53. The Balaban J connectivity index is 2.05. The molecule has 0 aliphatic rings. The molecule has 1 atom stereocenters. The van der Waals surface area contributed by atoms with Crippen molar-refractivity contribution in [1.29, 1.82) is 0 Å². The van der Waals surface area contributed by atoms with Crippen LogP contribution in [0.1, 0.15) is 11.1 Å². The Bertz CT molecular complexity index is 562. The quantitative estimate of drug-likeness (QED) is 0.628. The molecule has 0 spiro atoms. The summed E-state index contributed by atoms with van der Waals surface area (Å²) in [5, 5.41) is 0. The summed E-state index contributed by atoms with van der Waals surface area (Å²) < 4.78 is 6.22. The van der Waals surface area contributed by atoms with Crippen LogP contribution < -0.4 is 16.0 Å². The number of hydrazine groups is 1. The van der Waals surface area contributed by atoms with Gasteiger partial charge in [-0.25, -0.2) is 0 Å². The van der Waals surface area contributed by atoms with Crippen LogP contribution >= 0.6 is 15.9 Å². The van der Waals surface area contributed by atoms with Crippen molar-refractivity contribution >= 4 is 15.9 Å². The average Bonchev–Trinajstić information content (AvgIpc) is 2.47. The minimum atomic E-state index is 0.151. The molecule has 20 heavy (non-hydrogen) atoms. The number of methoxy groups -OCH3 is 1. The van der Waals surface area contributed by atoms with Crippen LogP contribution in [0.25, 0.3) is 0 Å². The van der Waals surface area contributed by atoms with Gasteiger partial charge in [-0.05, 0) is 58.1 Å². The number of rotatable bonds is 6. The molecule has 0 fully saturated rings. The standard InChI is InChI=1S/C15H18BrN3O/c1-20-15-4-2-3-11(8-15)6-14(19-17)7-12-5-13(16)10-18-9-12/h2-5,8-10,14,19H,6-7,17H2,1H3. The number of nitrogens with one attached hydrogen (secondary N) is 1. The number of nitrogens with zero attached hydrogens (tertiary/aromatic N) is 1. The first kappa shape index (κ1) is 15.0. The Kier molecular flexibility index (Phi) is 5.52. The summed E-state index contributed by atoms with van der Waals surface area (Å²) in [6, 6.07) is 10.2. The molecule has 106 valence electrons. The smallest absolute Gasteiger partial charge is 0.119 e. The number of benzene rings is 1. The summed E-state index contributed by atoms with van der Waals surface area (Å²) in [5.41, 5.74) is 5.21. The maximum atomic E-state index is 5.66. The Labute approximate surface area is 127 Å². The average molecular weight is 336 g/mol. The molecule has 2 rings (SSSR count). The molecule has 4 nitrogen and oxygen atoms in total. The van der Waals surface area contributed by atoms with Gasteiger partial charge in [0.2, 0.25) is 0 Å². The van der Waals surface area contributed by atoms with Gasteiger partial charge in [0.05, 0.1) is 7.11 Å². The fourth-order valence-corrected chi connectivity index (χ4v) is 2.54. The van der Waals surface area contributed by atoms with Crippen molar-refractivity contribution in [3.63, 3.8) is 0 Å². The van der Waals surface area contributed by atoms with Crippen LogP contribution in [-0.2, 0) is 12.8 Å². The molecule has 1 heterocycles. The molecule has 0 bridgehead atoms. The lowest BCUT2D eigenvalue weighted by molar-refractivity contribution is 0.413. The highest BCUT2D eigenvalue weighted by atomic mass is 79.9. The second kappa shape index (κ2) is 7.38. The summed E-state index contributed by atoms with van der Waals surface area (Å²) in [6.07, 6.45) is 5.29. The van der Waals surface area contributed by atoms with Crippen LogP contribution in [0.3, 0.4) is 0 Å². The molecule has 2 aromatic rings. The van der Waals surface area contributed by atoms with Crippen LogP contribution in [0, 0.1) is 0 Å². The SMILES string of the molecule is COc1cccc(CC(Cc2cncc(Br)c2)NN)c1. The van der Waals surface area contributed by atoms with E-state index < -0.39 is 0 Å². The number of aromatic nitrogens is 1. The van der Waals surface area contributed by atoms with Gasteiger partial charge in [-0.15, -0.1) is 0 Å². The Hall–Kier alpha value is -1.43. The number of ether oxygens (including phenoxy) is 1. The van der Waals surface area contributed by atoms with Gasteiger partial charge >= 0.3 is 0 Å². The molecular weight excluding hydrogens is 318 g/mol. The summed E-state index contributed by atoms with van der Waals surface area (Å²) in [4.78, 5) is 4.17. The van der Waals surface area contributed by atoms with E-state index in [9.17, 15) is 0 Å². The molecule has 5 heteroatoms. The number of halogens is 1. The second-order valence-corrected chi connectivity index (χ2v) is 5.55. The van der Waals surface area contributed by atoms with E-state index in [0.29, 0.717) is 0 Å². The van der Waals surface area contributed by atoms with Gasteiger partial charge in [0.15, 0.2) is 0 Å². The van der Waals surface area contributed by atoms with Crippen molar-refractivity contribution in [3.05, 3.63) is 58.3 Å². The molecule has 0 aliphatic heterocycles. The summed E-state index contributed by atoms with van der Waals surface area (Å²) in [7, 11) is 1.67. The zero-order valence-corrected chi connectivity index (χ0v) is 12.9. The Morgan fingerprint density at radius 2 is 2.05 bits per heavy atom. The molecule has 0 amide bonds. The van der Waals surface area contributed by atoms with Crippen molar-refractivity contribution in [2.75, 3.05) is 7.11 Å². The lowest BCUT2D eigenvalue weighted by Gasteiger charge is -2.16. The fourth-order valence-electron chi connectivity index (χ4n) is 2.13. The van der Waals surface area contributed by atoms with Crippen LogP contribution in [0.4, 0.5) is 0 Å². The zero-order chi connectivity index (χ0) is 14.4. The van der Waals surface area contributed by atoms with E-state index in [1.165, 1.54) is 5.56 Å². The van der Waals surface area contributed by atoms with Gasteiger partial charge in [0, 0.05) is 22.9 Å². The van der Waals surface area contributed by atoms with Crippen LogP contribution in [0.15, 0.2) is 47.2 Å². The summed E-state index contributed by atoms with van der Waals surface area (Å²) in [6.45, 7) is 0. The van der Waals surface area contributed by atoms with Gasteiger partial charge in [0.25, 0.3) is 0 Å². The molecule has 0 saturated heterocycles. The van der Waals surface area contributed by atoms with Gasteiger partial charge in [-0.2, -0.15) is 0 Å². The monoisotopic (exact) mass is 335 g/mol. The van der Waals surface area contributed by atoms with Crippen LogP contribution in [0.5, 0.6) is 5.75 Å². The van der Waals surface area contributed by atoms with Crippen LogP contribution in [-0.4, -0.2) is 18.1 Å². The molecular formula is C15H18BrN3O. The van der Waals surface area contributed by atoms with Crippen molar-refractivity contribution in [1.82, 2.24) is 10.4 Å². The van der Waals surface area contributed by atoms with Gasteiger partial charge < -0.3 is 4.74 Å².